The standard InChI is InChI=1S/C20H21N5OS/c26-20(19-16-11-21-8-5-17(16)23-24-19)22-14-1-3-15(4-2-14)25-9-6-18-13(12-25)7-10-27-18/h1-4,7,10,21H,5-6,8-9,11-12H2,(H,22,26)(H,23,24). The van der Waals surface area contributed by atoms with Crippen molar-refractivity contribution >= 4 is 28.6 Å². The number of carbonyl (C=O) groups excluding carboxylic acids is 1. The molecule has 0 unspecified atom stereocenters. The molecule has 3 N–H and O–H groups in total. The lowest BCUT2D eigenvalue weighted by atomic mass is 10.1. The fourth-order valence-corrected chi connectivity index (χ4v) is 4.72. The van der Waals surface area contributed by atoms with Crippen molar-refractivity contribution < 1.29 is 4.79 Å². The number of nitrogens with one attached hydrogen (secondary N) is 3. The number of rotatable bonds is 3. The Kier molecular flexibility index (Phi) is 4.18. The van der Waals surface area contributed by atoms with Gasteiger partial charge in [-0.15, -0.1) is 11.3 Å². The van der Waals surface area contributed by atoms with Gasteiger partial charge in [0, 0.05) is 60.1 Å². The predicted molar refractivity (Wildman–Crippen MR) is 107 cm³/mol. The van der Waals surface area contributed by atoms with E-state index in [1.807, 2.05) is 23.5 Å². The molecule has 0 fully saturated rings. The van der Waals surface area contributed by atoms with E-state index in [1.54, 1.807) is 0 Å². The zero-order valence-corrected chi connectivity index (χ0v) is 15.7. The molecule has 0 saturated heterocycles. The van der Waals surface area contributed by atoms with Crippen LogP contribution in [0.1, 0.15) is 32.2 Å². The van der Waals surface area contributed by atoms with Gasteiger partial charge in [0.1, 0.15) is 0 Å². The van der Waals surface area contributed by atoms with E-state index in [1.165, 1.54) is 16.1 Å². The lowest BCUT2D eigenvalue weighted by molar-refractivity contribution is 0.102. The molecule has 4 heterocycles. The number of hydrogen-bond acceptors (Lipinski definition) is 5. The van der Waals surface area contributed by atoms with Gasteiger partial charge in [0.15, 0.2) is 5.69 Å². The Balaban J connectivity index is 1.28. The second-order valence-electron chi connectivity index (χ2n) is 7.00. The second-order valence-corrected chi connectivity index (χ2v) is 8.00. The zero-order valence-electron chi connectivity index (χ0n) is 14.9. The van der Waals surface area contributed by atoms with Crippen LogP contribution >= 0.6 is 11.3 Å². The Morgan fingerprint density at radius 1 is 1.19 bits per heavy atom. The van der Waals surface area contributed by atoms with Crippen LogP contribution < -0.4 is 15.5 Å². The molecule has 0 bridgehead atoms. The SMILES string of the molecule is O=C(Nc1ccc(N2CCc3sccc3C2)cc1)c1n[nH]c2c1CNCC2. The van der Waals surface area contributed by atoms with Gasteiger partial charge in [-0.05, 0) is 47.7 Å². The van der Waals surface area contributed by atoms with Crippen LogP contribution in [0, 0.1) is 0 Å². The molecule has 27 heavy (non-hydrogen) atoms. The van der Waals surface area contributed by atoms with E-state index in [4.69, 9.17) is 0 Å². The minimum atomic E-state index is -0.162. The summed E-state index contributed by atoms with van der Waals surface area (Å²) >= 11 is 1.85. The summed E-state index contributed by atoms with van der Waals surface area (Å²) in [7, 11) is 0. The predicted octanol–water partition coefficient (Wildman–Crippen LogP) is 2.93. The molecule has 138 valence electrons. The van der Waals surface area contributed by atoms with Gasteiger partial charge >= 0.3 is 0 Å². The van der Waals surface area contributed by atoms with E-state index in [-0.39, 0.29) is 5.91 Å². The summed E-state index contributed by atoms with van der Waals surface area (Å²) < 4.78 is 0. The van der Waals surface area contributed by atoms with E-state index in [2.05, 4.69) is 49.3 Å². The number of hydrogen-bond donors (Lipinski definition) is 3. The molecular weight excluding hydrogens is 358 g/mol. The summed E-state index contributed by atoms with van der Waals surface area (Å²) in [5, 5.41) is 15.6. The van der Waals surface area contributed by atoms with Gasteiger partial charge in [0.2, 0.25) is 0 Å². The highest BCUT2D eigenvalue weighted by molar-refractivity contribution is 7.10. The third-order valence-corrected chi connectivity index (χ3v) is 6.34. The number of nitrogens with zero attached hydrogens (tertiary/aromatic N) is 2. The molecule has 5 rings (SSSR count). The Hall–Kier alpha value is -2.64. The molecule has 0 radical (unpaired) electrons. The van der Waals surface area contributed by atoms with Crippen molar-refractivity contribution in [3.8, 4) is 0 Å². The largest absolute Gasteiger partial charge is 0.367 e. The Morgan fingerprint density at radius 3 is 2.96 bits per heavy atom. The monoisotopic (exact) mass is 379 g/mol. The number of H-pyrrole nitrogens is 1. The Morgan fingerprint density at radius 2 is 2.07 bits per heavy atom. The lowest BCUT2D eigenvalue weighted by Gasteiger charge is -2.29. The summed E-state index contributed by atoms with van der Waals surface area (Å²) in [5.41, 5.74) is 5.94. The molecule has 6 nitrogen and oxygen atoms in total. The summed E-state index contributed by atoms with van der Waals surface area (Å²) in [6.45, 7) is 3.59. The molecule has 2 aliphatic rings. The van der Waals surface area contributed by atoms with E-state index in [9.17, 15) is 4.79 Å². The third-order valence-electron chi connectivity index (χ3n) is 5.32. The Labute approximate surface area is 161 Å². The smallest absolute Gasteiger partial charge is 0.276 e. The molecule has 3 aromatic rings. The number of anilines is 2. The summed E-state index contributed by atoms with van der Waals surface area (Å²) in [5.74, 6) is -0.162. The number of aromatic nitrogens is 2. The van der Waals surface area contributed by atoms with Crippen LogP contribution in [0.25, 0.3) is 0 Å². The third kappa shape index (κ3) is 3.13. The van der Waals surface area contributed by atoms with Crippen molar-refractivity contribution in [1.82, 2.24) is 15.5 Å². The number of amides is 1. The van der Waals surface area contributed by atoms with Gasteiger partial charge in [0.25, 0.3) is 5.91 Å². The van der Waals surface area contributed by atoms with Gasteiger partial charge in [-0.3, -0.25) is 9.89 Å². The first kappa shape index (κ1) is 16.5. The molecular formula is C20H21N5OS. The molecule has 7 heteroatoms. The normalized spacial score (nSPS) is 15.9. The minimum Gasteiger partial charge on any atom is -0.367 e. The van der Waals surface area contributed by atoms with Crippen LogP contribution in [0.15, 0.2) is 35.7 Å². The van der Waals surface area contributed by atoms with Crippen molar-refractivity contribution in [2.45, 2.75) is 25.9 Å². The van der Waals surface area contributed by atoms with Gasteiger partial charge < -0.3 is 15.5 Å². The maximum atomic E-state index is 12.6. The number of carbonyl (C=O) groups is 1. The molecule has 0 aliphatic carbocycles. The molecule has 0 saturated carbocycles. The van der Waals surface area contributed by atoms with Gasteiger partial charge in [0.05, 0.1) is 0 Å². The van der Waals surface area contributed by atoms with E-state index >= 15 is 0 Å². The van der Waals surface area contributed by atoms with Crippen LogP contribution in [-0.2, 0) is 25.9 Å². The average molecular weight is 379 g/mol. The van der Waals surface area contributed by atoms with Crippen LogP contribution in [0.2, 0.25) is 0 Å². The Bertz CT molecular complexity index is 975. The van der Waals surface area contributed by atoms with Gasteiger partial charge in [-0.1, -0.05) is 0 Å². The average Bonchev–Trinajstić information content (AvgIpc) is 3.35. The van der Waals surface area contributed by atoms with Crippen LogP contribution in [0.4, 0.5) is 11.4 Å². The van der Waals surface area contributed by atoms with E-state index < -0.39 is 0 Å². The van der Waals surface area contributed by atoms with Crippen molar-refractivity contribution in [3.05, 3.63) is 63.1 Å². The van der Waals surface area contributed by atoms with Gasteiger partial charge in [-0.25, -0.2) is 0 Å². The van der Waals surface area contributed by atoms with Gasteiger partial charge in [-0.2, -0.15) is 5.10 Å². The minimum absolute atomic E-state index is 0.162. The lowest BCUT2D eigenvalue weighted by Crippen LogP contribution is -2.29. The maximum absolute atomic E-state index is 12.6. The second kappa shape index (κ2) is 6.83. The fourth-order valence-electron chi connectivity index (χ4n) is 3.83. The van der Waals surface area contributed by atoms with Crippen molar-refractivity contribution in [2.75, 3.05) is 23.3 Å². The molecule has 1 amide bonds. The number of benzene rings is 1. The van der Waals surface area contributed by atoms with E-state index in [0.717, 1.165) is 49.4 Å². The zero-order chi connectivity index (χ0) is 18.2. The van der Waals surface area contributed by atoms with Crippen LogP contribution in [0.3, 0.4) is 0 Å². The van der Waals surface area contributed by atoms with Crippen LogP contribution in [-0.4, -0.2) is 29.2 Å². The number of thiophene rings is 1. The van der Waals surface area contributed by atoms with Crippen molar-refractivity contribution in [1.29, 1.82) is 0 Å². The molecule has 0 atom stereocenters. The fraction of sp³-hybridized carbons (Fsp3) is 0.300. The number of fused-ring (bicyclic) bond motifs is 2. The first-order chi connectivity index (χ1) is 13.3. The van der Waals surface area contributed by atoms with E-state index in [0.29, 0.717) is 12.2 Å². The molecule has 0 spiro atoms. The highest BCUT2D eigenvalue weighted by Gasteiger charge is 2.22. The summed E-state index contributed by atoms with van der Waals surface area (Å²) in [6, 6.07) is 10.3. The van der Waals surface area contributed by atoms with Crippen molar-refractivity contribution in [2.24, 2.45) is 0 Å². The molecule has 1 aromatic carbocycles. The summed E-state index contributed by atoms with van der Waals surface area (Å²) in [4.78, 5) is 16.5. The highest BCUT2D eigenvalue weighted by Crippen LogP contribution is 2.28. The van der Waals surface area contributed by atoms with Crippen molar-refractivity contribution in [3.63, 3.8) is 0 Å². The van der Waals surface area contributed by atoms with Crippen LogP contribution in [0.5, 0.6) is 0 Å². The number of aromatic amines is 1. The first-order valence-electron chi connectivity index (χ1n) is 9.26. The quantitative estimate of drug-likeness (QED) is 0.654. The summed E-state index contributed by atoms with van der Waals surface area (Å²) in [6.07, 6.45) is 1.98. The highest BCUT2D eigenvalue weighted by atomic mass is 32.1. The maximum Gasteiger partial charge on any atom is 0.276 e. The molecule has 2 aromatic heterocycles. The first-order valence-corrected chi connectivity index (χ1v) is 10.1. The topological polar surface area (TPSA) is 73.0 Å². The molecule has 2 aliphatic heterocycles.